The van der Waals surface area contributed by atoms with Crippen LogP contribution < -0.4 is 10.6 Å². The Morgan fingerprint density at radius 1 is 1.11 bits per heavy atom. The fourth-order valence-corrected chi connectivity index (χ4v) is 2.95. The molecule has 0 spiro atoms. The average Bonchev–Trinajstić information content (AvgIpc) is 3.02. The molecule has 0 aliphatic carbocycles. The van der Waals surface area contributed by atoms with Gasteiger partial charge in [0.1, 0.15) is 6.54 Å². The molecule has 8 heteroatoms. The minimum Gasteiger partial charge on any atom is -0.324 e. The number of aromatic nitrogens is 3. The third kappa shape index (κ3) is 4.55. The zero-order valence-electron chi connectivity index (χ0n) is 15.6. The van der Waals surface area contributed by atoms with Gasteiger partial charge >= 0.3 is 0 Å². The summed E-state index contributed by atoms with van der Waals surface area (Å²) in [4.78, 5) is 24.8. The monoisotopic (exact) mass is 397 g/mol. The second kappa shape index (κ2) is 8.67. The summed E-state index contributed by atoms with van der Waals surface area (Å²) in [5.41, 5.74) is 3.04. The van der Waals surface area contributed by atoms with E-state index in [1.807, 2.05) is 31.2 Å². The average molecular weight is 398 g/mol. The highest BCUT2D eigenvalue weighted by atomic mass is 35.5. The molecule has 2 amide bonds. The van der Waals surface area contributed by atoms with Gasteiger partial charge in [0.25, 0.3) is 5.91 Å². The maximum atomic E-state index is 12.6. The number of hydrogen-bond donors (Lipinski definition) is 2. The first kappa shape index (κ1) is 19.6. The Hall–Kier alpha value is -3.19. The van der Waals surface area contributed by atoms with Crippen molar-refractivity contribution < 1.29 is 9.59 Å². The van der Waals surface area contributed by atoms with E-state index in [0.717, 1.165) is 17.7 Å². The van der Waals surface area contributed by atoms with Crippen LogP contribution in [0.5, 0.6) is 0 Å². The number of para-hydroxylation sites is 1. The van der Waals surface area contributed by atoms with Gasteiger partial charge in [0, 0.05) is 16.4 Å². The summed E-state index contributed by atoms with van der Waals surface area (Å²) in [7, 11) is 0. The predicted molar refractivity (Wildman–Crippen MR) is 109 cm³/mol. The lowest BCUT2D eigenvalue weighted by Gasteiger charge is -2.09. The number of carbonyl (C=O) groups excluding carboxylic acids is 2. The normalized spacial score (nSPS) is 10.5. The molecule has 1 aromatic heterocycles. The van der Waals surface area contributed by atoms with E-state index < -0.39 is 0 Å². The molecule has 0 saturated heterocycles. The fraction of sp³-hybridized carbons (Fsp3) is 0.200. The van der Waals surface area contributed by atoms with E-state index in [-0.39, 0.29) is 24.1 Å². The summed E-state index contributed by atoms with van der Waals surface area (Å²) in [5, 5.41) is 14.0. The molecule has 2 N–H and O–H groups in total. The molecule has 2 aromatic carbocycles. The van der Waals surface area contributed by atoms with Crippen LogP contribution in [0.3, 0.4) is 0 Å². The zero-order chi connectivity index (χ0) is 20.1. The molecular formula is C20H20ClN5O2. The highest BCUT2D eigenvalue weighted by Crippen LogP contribution is 2.17. The third-order valence-electron chi connectivity index (χ3n) is 4.25. The number of anilines is 2. The molecular weight excluding hydrogens is 378 g/mol. The largest absolute Gasteiger partial charge is 0.324 e. The van der Waals surface area contributed by atoms with Crippen LogP contribution in [-0.4, -0.2) is 26.8 Å². The highest BCUT2D eigenvalue weighted by molar-refractivity contribution is 6.30. The number of nitrogens with zero attached hydrogens (tertiary/aromatic N) is 3. The van der Waals surface area contributed by atoms with Crippen molar-refractivity contribution in [2.24, 2.45) is 0 Å². The number of rotatable bonds is 6. The molecule has 0 atom stereocenters. The Balaban J connectivity index is 1.69. The quantitative estimate of drug-likeness (QED) is 0.663. The van der Waals surface area contributed by atoms with Crippen molar-refractivity contribution in [1.82, 2.24) is 15.0 Å². The van der Waals surface area contributed by atoms with E-state index >= 15 is 0 Å². The number of halogens is 1. The molecule has 0 bridgehead atoms. The molecule has 0 radical (unpaired) electrons. The lowest BCUT2D eigenvalue weighted by atomic mass is 10.1. The number of aryl methyl sites for hydroxylation is 1. The van der Waals surface area contributed by atoms with Gasteiger partial charge in [0.2, 0.25) is 5.91 Å². The Morgan fingerprint density at radius 2 is 1.89 bits per heavy atom. The van der Waals surface area contributed by atoms with E-state index in [2.05, 4.69) is 20.9 Å². The van der Waals surface area contributed by atoms with Crippen LogP contribution in [0.25, 0.3) is 0 Å². The molecule has 0 saturated carbocycles. The number of benzene rings is 2. The van der Waals surface area contributed by atoms with Gasteiger partial charge in [-0.1, -0.05) is 48.0 Å². The smallest absolute Gasteiger partial charge is 0.278 e. The Labute approximate surface area is 167 Å². The summed E-state index contributed by atoms with van der Waals surface area (Å²) in [5.74, 6) is -0.654. The van der Waals surface area contributed by atoms with Gasteiger partial charge < -0.3 is 10.6 Å². The fourth-order valence-electron chi connectivity index (χ4n) is 2.76. The van der Waals surface area contributed by atoms with E-state index in [1.54, 1.807) is 31.2 Å². The lowest BCUT2D eigenvalue weighted by Crippen LogP contribution is -2.21. The van der Waals surface area contributed by atoms with Crippen molar-refractivity contribution in [2.45, 2.75) is 26.8 Å². The molecule has 0 unspecified atom stereocenters. The van der Waals surface area contributed by atoms with Crippen molar-refractivity contribution in [2.75, 3.05) is 10.6 Å². The molecule has 1 heterocycles. The molecule has 144 valence electrons. The van der Waals surface area contributed by atoms with Crippen molar-refractivity contribution in [3.05, 3.63) is 70.5 Å². The van der Waals surface area contributed by atoms with Crippen LogP contribution in [0.15, 0.2) is 48.5 Å². The van der Waals surface area contributed by atoms with Gasteiger partial charge in [0.05, 0.1) is 5.69 Å². The van der Waals surface area contributed by atoms with E-state index in [1.165, 1.54) is 4.68 Å². The van der Waals surface area contributed by atoms with E-state index in [4.69, 9.17) is 11.6 Å². The third-order valence-corrected chi connectivity index (χ3v) is 4.48. The van der Waals surface area contributed by atoms with Crippen LogP contribution in [0.2, 0.25) is 5.02 Å². The minimum atomic E-state index is -0.361. The molecule has 0 aliphatic rings. The van der Waals surface area contributed by atoms with Gasteiger partial charge in [-0.15, -0.1) is 5.10 Å². The Kier molecular flexibility index (Phi) is 6.06. The summed E-state index contributed by atoms with van der Waals surface area (Å²) in [6, 6.07) is 14.4. The molecule has 0 fully saturated rings. The maximum absolute atomic E-state index is 12.6. The first-order valence-electron chi connectivity index (χ1n) is 8.82. The number of amides is 2. The molecule has 0 aliphatic heterocycles. The Bertz CT molecular complexity index is 1020. The second-order valence-corrected chi connectivity index (χ2v) is 6.64. The van der Waals surface area contributed by atoms with Gasteiger partial charge in [0.15, 0.2) is 5.69 Å². The van der Waals surface area contributed by atoms with Gasteiger partial charge in [-0.05, 0) is 43.2 Å². The van der Waals surface area contributed by atoms with Gasteiger partial charge in [-0.25, -0.2) is 4.68 Å². The van der Waals surface area contributed by atoms with Crippen LogP contribution in [-0.2, 0) is 17.8 Å². The topological polar surface area (TPSA) is 88.9 Å². The molecule has 3 rings (SSSR count). The number of nitrogens with one attached hydrogen (secondary N) is 2. The summed E-state index contributed by atoms with van der Waals surface area (Å²) in [6.07, 6.45) is 0.797. The number of carbonyl (C=O) groups is 2. The van der Waals surface area contributed by atoms with Crippen molar-refractivity contribution in [1.29, 1.82) is 0 Å². The van der Waals surface area contributed by atoms with Gasteiger partial charge in [-0.3, -0.25) is 9.59 Å². The molecule has 28 heavy (non-hydrogen) atoms. The molecule has 3 aromatic rings. The van der Waals surface area contributed by atoms with Crippen LogP contribution in [0.4, 0.5) is 11.4 Å². The maximum Gasteiger partial charge on any atom is 0.278 e. The van der Waals surface area contributed by atoms with Crippen molar-refractivity contribution in [3.63, 3.8) is 0 Å². The standard InChI is InChI=1S/C20H20ClN5O2/c1-3-14-7-4-5-10-17(14)23-20(28)19-13(2)26(25-24-19)12-18(27)22-16-9-6-8-15(21)11-16/h4-11H,3,12H2,1-2H3,(H,22,27)(H,23,28). The van der Waals surface area contributed by atoms with Crippen molar-refractivity contribution >= 4 is 34.8 Å². The lowest BCUT2D eigenvalue weighted by molar-refractivity contribution is -0.117. The predicted octanol–water partition coefficient (Wildman–Crippen LogP) is 3.69. The highest BCUT2D eigenvalue weighted by Gasteiger charge is 2.18. The van der Waals surface area contributed by atoms with Gasteiger partial charge in [-0.2, -0.15) is 0 Å². The van der Waals surface area contributed by atoms with Crippen molar-refractivity contribution in [3.8, 4) is 0 Å². The second-order valence-electron chi connectivity index (χ2n) is 6.20. The summed E-state index contributed by atoms with van der Waals surface area (Å²) in [6.45, 7) is 3.66. The van der Waals surface area contributed by atoms with Crippen LogP contribution >= 0.6 is 11.6 Å². The van der Waals surface area contributed by atoms with E-state index in [0.29, 0.717) is 16.4 Å². The zero-order valence-corrected chi connectivity index (χ0v) is 16.3. The first-order chi connectivity index (χ1) is 13.5. The molecule has 7 nitrogen and oxygen atoms in total. The van der Waals surface area contributed by atoms with Crippen LogP contribution in [0.1, 0.15) is 28.7 Å². The first-order valence-corrected chi connectivity index (χ1v) is 9.20. The van der Waals surface area contributed by atoms with E-state index in [9.17, 15) is 9.59 Å². The van der Waals surface area contributed by atoms with Crippen LogP contribution in [0, 0.1) is 6.92 Å². The minimum absolute atomic E-state index is 0.0653. The Morgan fingerprint density at radius 3 is 2.64 bits per heavy atom. The SMILES string of the molecule is CCc1ccccc1NC(=O)c1nnn(CC(=O)Nc2cccc(Cl)c2)c1C. The summed E-state index contributed by atoms with van der Waals surface area (Å²) < 4.78 is 1.39. The number of hydrogen-bond acceptors (Lipinski definition) is 4. The summed E-state index contributed by atoms with van der Waals surface area (Å²) >= 11 is 5.92.